The molecule has 2 N–H and O–H groups in total. The lowest BCUT2D eigenvalue weighted by molar-refractivity contribution is 0.102. The molecule has 0 aromatic carbocycles. The molecule has 0 unspecified atom stereocenters. The molecular formula is C11H9ClN4O2. The van der Waals surface area contributed by atoms with Crippen LogP contribution in [0.25, 0.3) is 0 Å². The van der Waals surface area contributed by atoms with E-state index >= 15 is 0 Å². The van der Waals surface area contributed by atoms with Gasteiger partial charge in [0.2, 0.25) is 0 Å². The van der Waals surface area contributed by atoms with E-state index < -0.39 is 5.91 Å². The molecule has 0 aliphatic heterocycles. The van der Waals surface area contributed by atoms with Gasteiger partial charge in [-0.15, -0.1) is 0 Å². The summed E-state index contributed by atoms with van der Waals surface area (Å²) in [5, 5.41) is 8.55. The standard InChI is InChI=1S/C11H9ClN4O2/c1-6-4-8(10(12)13-5-6)14-11(18)7-2-3-9(17)16-15-7/h2-5H,1H3,(H,14,18)(H,16,17). The Morgan fingerprint density at radius 1 is 1.44 bits per heavy atom. The molecule has 7 heteroatoms. The summed E-state index contributed by atoms with van der Waals surface area (Å²) in [6.07, 6.45) is 1.59. The second-order valence-corrected chi connectivity index (χ2v) is 3.97. The minimum Gasteiger partial charge on any atom is -0.318 e. The molecule has 2 aromatic heterocycles. The summed E-state index contributed by atoms with van der Waals surface area (Å²) < 4.78 is 0. The van der Waals surface area contributed by atoms with Crippen LogP contribution in [0.5, 0.6) is 0 Å². The van der Waals surface area contributed by atoms with Crippen molar-refractivity contribution in [3.63, 3.8) is 0 Å². The Morgan fingerprint density at radius 3 is 2.89 bits per heavy atom. The van der Waals surface area contributed by atoms with Gasteiger partial charge in [-0.1, -0.05) is 11.6 Å². The number of hydrogen-bond acceptors (Lipinski definition) is 4. The molecule has 0 atom stereocenters. The molecule has 2 aromatic rings. The van der Waals surface area contributed by atoms with Crippen molar-refractivity contribution in [2.45, 2.75) is 6.92 Å². The van der Waals surface area contributed by atoms with Crippen molar-refractivity contribution >= 4 is 23.2 Å². The number of amides is 1. The summed E-state index contributed by atoms with van der Waals surface area (Å²) in [4.78, 5) is 26.5. The Balaban J connectivity index is 2.23. The first kappa shape index (κ1) is 12.3. The number of aromatic nitrogens is 3. The fourth-order valence-corrected chi connectivity index (χ4v) is 1.45. The molecule has 92 valence electrons. The summed E-state index contributed by atoms with van der Waals surface area (Å²) in [7, 11) is 0. The van der Waals surface area contributed by atoms with Gasteiger partial charge in [-0.2, -0.15) is 5.10 Å². The highest BCUT2D eigenvalue weighted by atomic mass is 35.5. The average molecular weight is 265 g/mol. The summed E-state index contributed by atoms with van der Waals surface area (Å²) >= 11 is 5.85. The zero-order valence-corrected chi connectivity index (χ0v) is 10.2. The first-order valence-corrected chi connectivity index (χ1v) is 5.43. The van der Waals surface area contributed by atoms with Crippen LogP contribution in [0, 0.1) is 6.92 Å². The number of anilines is 1. The molecule has 6 nitrogen and oxygen atoms in total. The van der Waals surface area contributed by atoms with Gasteiger partial charge in [-0.25, -0.2) is 10.1 Å². The summed E-state index contributed by atoms with van der Waals surface area (Å²) in [5.41, 5.74) is 0.979. The molecule has 0 spiro atoms. The zero-order valence-electron chi connectivity index (χ0n) is 9.40. The van der Waals surface area contributed by atoms with Crippen LogP contribution in [-0.2, 0) is 0 Å². The largest absolute Gasteiger partial charge is 0.318 e. The summed E-state index contributed by atoms with van der Waals surface area (Å²) in [6.45, 7) is 1.83. The van der Waals surface area contributed by atoms with E-state index in [-0.39, 0.29) is 16.4 Å². The van der Waals surface area contributed by atoms with Gasteiger partial charge in [0.25, 0.3) is 11.5 Å². The Morgan fingerprint density at radius 2 is 2.22 bits per heavy atom. The second-order valence-electron chi connectivity index (χ2n) is 3.61. The lowest BCUT2D eigenvalue weighted by Gasteiger charge is -2.06. The highest BCUT2D eigenvalue weighted by molar-refractivity contribution is 6.32. The molecule has 2 heterocycles. The van der Waals surface area contributed by atoms with Crippen molar-refractivity contribution in [3.05, 3.63) is 51.2 Å². The van der Waals surface area contributed by atoms with E-state index in [2.05, 4.69) is 20.5 Å². The van der Waals surface area contributed by atoms with E-state index in [0.717, 1.165) is 5.56 Å². The van der Waals surface area contributed by atoms with Gasteiger partial charge in [0.15, 0.2) is 5.15 Å². The molecule has 0 radical (unpaired) electrons. The van der Waals surface area contributed by atoms with Crippen LogP contribution in [0.15, 0.2) is 29.2 Å². The lowest BCUT2D eigenvalue weighted by atomic mass is 10.3. The van der Waals surface area contributed by atoms with Crippen LogP contribution in [0.4, 0.5) is 5.69 Å². The van der Waals surface area contributed by atoms with Crippen LogP contribution in [0.1, 0.15) is 16.1 Å². The number of pyridine rings is 1. The number of rotatable bonds is 2. The third-order valence-corrected chi connectivity index (χ3v) is 2.44. The highest BCUT2D eigenvalue weighted by Crippen LogP contribution is 2.20. The minimum atomic E-state index is -0.472. The maximum absolute atomic E-state index is 11.8. The third kappa shape index (κ3) is 2.72. The van der Waals surface area contributed by atoms with Gasteiger partial charge in [0.1, 0.15) is 5.69 Å². The van der Waals surface area contributed by atoms with Crippen molar-refractivity contribution in [3.8, 4) is 0 Å². The number of nitrogens with zero attached hydrogens (tertiary/aromatic N) is 2. The molecule has 0 bridgehead atoms. The van der Waals surface area contributed by atoms with Crippen LogP contribution >= 0.6 is 11.6 Å². The number of halogens is 1. The van der Waals surface area contributed by atoms with E-state index in [9.17, 15) is 9.59 Å². The second kappa shape index (κ2) is 4.97. The topological polar surface area (TPSA) is 87.7 Å². The number of carbonyl (C=O) groups is 1. The molecule has 0 aliphatic rings. The molecule has 0 aliphatic carbocycles. The number of aromatic amines is 1. The number of hydrogen-bond donors (Lipinski definition) is 2. The SMILES string of the molecule is Cc1cnc(Cl)c(NC(=O)c2ccc(=O)[nH]n2)c1. The third-order valence-electron chi connectivity index (χ3n) is 2.14. The average Bonchev–Trinajstić information content (AvgIpc) is 2.34. The van der Waals surface area contributed by atoms with E-state index in [4.69, 9.17) is 11.6 Å². The molecule has 1 amide bonds. The van der Waals surface area contributed by atoms with Gasteiger partial charge in [-0.3, -0.25) is 9.59 Å². The quantitative estimate of drug-likeness (QED) is 0.802. The number of carbonyl (C=O) groups excluding carboxylic acids is 1. The fraction of sp³-hybridized carbons (Fsp3) is 0.0909. The van der Waals surface area contributed by atoms with Crippen LogP contribution in [0.2, 0.25) is 5.15 Å². The lowest BCUT2D eigenvalue weighted by Crippen LogP contribution is -2.17. The van der Waals surface area contributed by atoms with Crippen molar-refractivity contribution < 1.29 is 4.79 Å². The fourth-order valence-electron chi connectivity index (χ4n) is 1.30. The summed E-state index contributed by atoms with van der Waals surface area (Å²) in [5.74, 6) is -0.472. The number of H-pyrrole nitrogens is 1. The highest BCUT2D eigenvalue weighted by Gasteiger charge is 2.10. The predicted molar refractivity (Wildman–Crippen MR) is 66.8 cm³/mol. The van der Waals surface area contributed by atoms with Gasteiger partial charge in [-0.05, 0) is 24.6 Å². The predicted octanol–water partition coefficient (Wildman–Crippen LogP) is 1.38. The Bertz CT molecular complexity index is 633. The number of aryl methyl sites for hydroxylation is 1. The Kier molecular flexibility index (Phi) is 3.38. The van der Waals surface area contributed by atoms with E-state index in [1.165, 1.54) is 12.1 Å². The first-order chi connectivity index (χ1) is 8.56. The zero-order chi connectivity index (χ0) is 13.1. The van der Waals surface area contributed by atoms with Crippen LogP contribution in [-0.4, -0.2) is 21.1 Å². The Labute approximate surface area is 107 Å². The van der Waals surface area contributed by atoms with Crippen molar-refractivity contribution in [1.82, 2.24) is 15.2 Å². The Hall–Kier alpha value is -2.21. The van der Waals surface area contributed by atoms with Crippen LogP contribution < -0.4 is 10.9 Å². The molecule has 18 heavy (non-hydrogen) atoms. The van der Waals surface area contributed by atoms with E-state index in [1.807, 2.05) is 6.92 Å². The molecular weight excluding hydrogens is 256 g/mol. The van der Waals surface area contributed by atoms with Crippen LogP contribution in [0.3, 0.4) is 0 Å². The molecule has 0 fully saturated rings. The van der Waals surface area contributed by atoms with Gasteiger partial charge in [0.05, 0.1) is 5.69 Å². The molecule has 2 rings (SSSR count). The van der Waals surface area contributed by atoms with Crippen molar-refractivity contribution in [1.29, 1.82) is 0 Å². The van der Waals surface area contributed by atoms with Crippen molar-refractivity contribution in [2.24, 2.45) is 0 Å². The number of nitrogens with one attached hydrogen (secondary N) is 2. The maximum Gasteiger partial charge on any atom is 0.276 e. The van der Waals surface area contributed by atoms with Gasteiger partial charge >= 0.3 is 0 Å². The van der Waals surface area contributed by atoms with Gasteiger partial charge in [0, 0.05) is 12.3 Å². The van der Waals surface area contributed by atoms with Gasteiger partial charge < -0.3 is 5.32 Å². The van der Waals surface area contributed by atoms with E-state index in [0.29, 0.717) is 5.69 Å². The van der Waals surface area contributed by atoms with Crippen molar-refractivity contribution in [2.75, 3.05) is 5.32 Å². The van der Waals surface area contributed by atoms with E-state index in [1.54, 1.807) is 12.3 Å². The maximum atomic E-state index is 11.8. The molecule has 0 saturated carbocycles. The smallest absolute Gasteiger partial charge is 0.276 e. The minimum absolute atomic E-state index is 0.0900. The monoisotopic (exact) mass is 264 g/mol. The summed E-state index contributed by atoms with van der Waals surface area (Å²) in [6, 6.07) is 4.24. The molecule has 0 saturated heterocycles. The first-order valence-electron chi connectivity index (χ1n) is 5.05. The normalized spacial score (nSPS) is 10.1.